The first-order valence-electron chi connectivity index (χ1n) is 14.4. The van der Waals surface area contributed by atoms with Crippen molar-refractivity contribution in [2.75, 3.05) is 0 Å². The van der Waals surface area contributed by atoms with Crippen molar-refractivity contribution in [3.63, 3.8) is 0 Å². The second-order valence-corrected chi connectivity index (χ2v) is 12.2. The topological polar surface area (TPSA) is 51.6 Å². The van der Waals surface area contributed by atoms with Crippen LogP contribution in [0.5, 0.6) is 0 Å². The molecule has 0 aliphatic heterocycles. The molecule has 0 saturated carbocycles. The van der Waals surface area contributed by atoms with E-state index >= 15 is 0 Å². The third-order valence-electron chi connectivity index (χ3n) is 6.01. The van der Waals surface area contributed by atoms with E-state index in [-0.39, 0.29) is 42.6 Å². The average molecular weight is 1010 g/mol. The van der Waals surface area contributed by atoms with Crippen molar-refractivity contribution in [3.05, 3.63) is 156 Å². The van der Waals surface area contributed by atoms with E-state index in [1.54, 1.807) is 24.3 Å². The SMILES string of the molecule is FC(F)(F)c1ccnc(-c2cc(C(F)(F)F)ccn2)c1.F[P-](F)(F)(F)(F)F.Fc1ccc(-c2[c-]cccc2F)nc1.Fc1ccc(-c2[c-]cccc2F)nc1.[Ir+3]. The van der Waals surface area contributed by atoms with Gasteiger partial charge in [0.25, 0.3) is 0 Å². The van der Waals surface area contributed by atoms with Crippen LogP contribution in [0, 0.1) is 35.4 Å². The predicted molar refractivity (Wildman–Crippen MR) is 168 cm³/mol. The van der Waals surface area contributed by atoms with E-state index in [2.05, 4.69) is 32.1 Å². The summed E-state index contributed by atoms with van der Waals surface area (Å²) in [6.45, 7) is 0. The van der Waals surface area contributed by atoms with Crippen LogP contribution < -0.4 is 0 Å². The predicted octanol–water partition coefficient (Wildman–Crippen LogP) is 13.2. The summed E-state index contributed by atoms with van der Waals surface area (Å²) in [5.41, 5.74) is -1.27. The standard InChI is InChI=1S/C12H6F6N2.2C11H6F2N.F6P.Ir/c13-11(14,15)7-1-3-19-9(5-7)10-6-8(2-4-20-10)12(16,17)18;2*12-8-5-6-11(14-7-8)9-3-1-2-4-10(9)13;1-7(2,3,4,5)6;/h1-6H;2*1-2,4-7H;;/q;3*-1;+3. The minimum absolute atomic E-state index is 0. The van der Waals surface area contributed by atoms with Crippen molar-refractivity contribution in [2.24, 2.45) is 0 Å². The Bertz CT molecular complexity index is 2030. The number of alkyl halides is 6. The van der Waals surface area contributed by atoms with E-state index in [9.17, 15) is 69.1 Å². The molecule has 0 radical (unpaired) electrons. The van der Waals surface area contributed by atoms with Gasteiger partial charge in [-0.1, -0.05) is 23.3 Å². The summed E-state index contributed by atoms with van der Waals surface area (Å²) >= 11 is 0. The summed E-state index contributed by atoms with van der Waals surface area (Å²) in [7, 11) is -10.7. The van der Waals surface area contributed by atoms with Gasteiger partial charge in [0.2, 0.25) is 0 Å². The van der Waals surface area contributed by atoms with Crippen molar-refractivity contribution in [3.8, 4) is 33.9 Å². The third-order valence-corrected chi connectivity index (χ3v) is 6.01. The van der Waals surface area contributed by atoms with Crippen molar-refractivity contribution < 1.29 is 89.2 Å². The van der Waals surface area contributed by atoms with Gasteiger partial charge in [-0.05, 0) is 47.8 Å². The molecule has 0 unspecified atom stereocenters. The number of nitrogens with zero attached hydrogens (tertiary/aromatic N) is 4. The number of aromatic nitrogens is 4. The van der Waals surface area contributed by atoms with Crippen molar-refractivity contribution in [2.45, 2.75) is 12.4 Å². The van der Waals surface area contributed by atoms with Crippen LogP contribution >= 0.6 is 7.81 Å². The summed E-state index contributed by atoms with van der Waals surface area (Å²) in [6, 6.07) is 22.4. The minimum atomic E-state index is -10.7. The molecule has 6 aromatic rings. The molecule has 300 valence electrons. The Hall–Kier alpha value is -5.00. The molecule has 0 atom stereocenters. The van der Waals surface area contributed by atoms with Crippen LogP contribution in [0.25, 0.3) is 33.9 Å². The second-order valence-electron chi connectivity index (χ2n) is 10.3. The van der Waals surface area contributed by atoms with Crippen LogP contribution in [-0.4, -0.2) is 19.9 Å². The van der Waals surface area contributed by atoms with Gasteiger partial charge in [0.15, 0.2) is 0 Å². The van der Waals surface area contributed by atoms with Gasteiger partial charge >= 0.3 is 65.4 Å². The maximum absolute atomic E-state index is 13.2. The Morgan fingerprint density at radius 2 is 0.804 bits per heavy atom. The molecule has 0 saturated heterocycles. The molecule has 0 spiro atoms. The van der Waals surface area contributed by atoms with E-state index in [0.29, 0.717) is 23.5 Å². The van der Waals surface area contributed by atoms with Crippen LogP contribution in [0.4, 0.5) is 69.1 Å². The summed E-state index contributed by atoms with van der Waals surface area (Å²) in [5.74, 6) is -1.70. The fourth-order valence-corrected chi connectivity index (χ4v) is 3.77. The summed E-state index contributed by atoms with van der Waals surface area (Å²) in [5, 5.41) is 0. The average Bonchev–Trinajstić information content (AvgIpc) is 3.08. The van der Waals surface area contributed by atoms with Crippen LogP contribution in [0.2, 0.25) is 0 Å². The molecule has 4 aromatic heterocycles. The first-order valence-corrected chi connectivity index (χ1v) is 16.4. The molecular formula is C34H18F16IrN4P. The Morgan fingerprint density at radius 1 is 0.464 bits per heavy atom. The normalized spacial score (nSPS) is 12.4. The Labute approximate surface area is 318 Å². The van der Waals surface area contributed by atoms with E-state index < -0.39 is 54.6 Å². The zero-order chi connectivity index (χ0) is 41.3. The Kier molecular flexibility index (Phi) is 15.0. The first kappa shape index (κ1) is 47.2. The van der Waals surface area contributed by atoms with Crippen LogP contribution in [0.1, 0.15) is 11.1 Å². The van der Waals surface area contributed by atoms with Gasteiger partial charge in [0.05, 0.1) is 34.9 Å². The zero-order valence-electron chi connectivity index (χ0n) is 27.0. The Morgan fingerprint density at radius 3 is 1.07 bits per heavy atom. The molecular weight excluding hydrogens is 992 g/mol. The van der Waals surface area contributed by atoms with E-state index in [1.807, 2.05) is 0 Å². The van der Waals surface area contributed by atoms with Gasteiger partial charge < -0.3 is 9.97 Å². The molecule has 56 heavy (non-hydrogen) atoms. The van der Waals surface area contributed by atoms with E-state index in [1.165, 1.54) is 36.4 Å². The zero-order valence-corrected chi connectivity index (χ0v) is 30.3. The number of rotatable bonds is 3. The van der Waals surface area contributed by atoms with Crippen LogP contribution in [-0.2, 0) is 32.5 Å². The maximum atomic E-state index is 13.2. The van der Waals surface area contributed by atoms with E-state index in [0.717, 1.165) is 36.9 Å². The fourth-order valence-electron chi connectivity index (χ4n) is 3.77. The third kappa shape index (κ3) is 17.2. The van der Waals surface area contributed by atoms with E-state index in [4.69, 9.17) is 0 Å². The summed E-state index contributed by atoms with van der Waals surface area (Å²) in [4.78, 5) is 14.8. The van der Waals surface area contributed by atoms with Gasteiger partial charge in [-0.2, -0.15) is 26.3 Å². The fraction of sp³-hybridized carbons (Fsp3) is 0.0588. The first-order chi connectivity index (χ1) is 25.2. The van der Waals surface area contributed by atoms with Gasteiger partial charge in [0.1, 0.15) is 11.6 Å². The smallest absolute Gasteiger partial charge is 0.302 e. The molecule has 4 nitrogen and oxygen atoms in total. The van der Waals surface area contributed by atoms with Crippen molar-refractivity contribution >= 4 is 7.81 Å². The quantitative estimate of drug-likeness (QED) is 0.101. The molecule has 0 fully saturated rings. The molecule has 6 rings (SSSR count). The van der Waals surface area contributed by atoms with Gasteiger partial charge in [-0.25, -0.2) is 8.78 Å². The van der Waals surface area contributed by atoms with Crippen molar-refractivity contribution in [1.82, 2.24) is 19.9 Å². The molecule has 0 amide bonds. The number of benzene rings is 2. The van der Waals surface area contributed by atoms with Gasteiger partial charge in [-0.15, -0.1) is 48.5 Å². The van der Waals surface area contributed by atoms with Crippen molar-refractivity contribution in [1.29, 1.82) is 0 Å². The van der Waals surface area contributed by atoms with Gasteiger partial charge in [0, 0.05) is 24.0 Å². The molecule has 4 heterocycles. The molecule has 0 bridgehead atoms. The summed E-state index contributed by atoms with van der Waals surface area (Å²) < 4.78 is 186. The largest absolute Gasteiger partial charge is 3.00 e. The molecule has 2 aromatic carbocycles. The van der Waals surface area contributed by atoms with Gasteiger partial charge in [-0.3, -0.25) is 18.7 Å². The monoisotopic (exact) mass is 1010 g/mol. The molecule has 0 aliphatic rings. The number of hydrogen-bond acceptors (Lipinski definition) is 4. The Balaban J connectivity index is 0.000000270. The molecule has 0 N–H and O–H groups in total. The molecule has 22 heteroatoms. The summed E-state index contributed by atoms with van der Waals surface area (Å²) in [6.07, 6.45) is -5.34. The second kappa shape index (κ2) is 17.9. The number of halogens is 16. The number of pyridine rings is 4. The molecule has 0 aliphatic carbocycles. The number of hydrogen-bond donors (Lipinski definition) is 0. The van der Waals surface area contributed by atoms with Crippen LogP contribution in [0.3, 0.4) is 0 Å². The van der Waals surface area contributed by atoms with Crippen LogP contribution in [0.15, 0.2) is 110 Å². The minimum Gasteiger partial charge on any atom is -0.302 e. The maximum Gasteiger partial charge on any atom is 3.00 e.